The number of hydrogen-bond acceptors (Lipinski definition) is 7. The number of hydrazine groups is 1. The van der Waals surface area contributed by atoms with Crippen molar-refractivity contribution in [2.24, 2.45) is 5.84 Å². The van der Waals surface area contributed by atoms with Crippen molar-refractivity contribution < 1.29 is 13.5 Å². The fourth-order valence-electron chi connectivity index (χ4n) is 2.53. The van der Waals surface area contributed by atoms with Crippen LogP contribution in [0.15, 0.2) is 23.2 Å². The van der Waals surface area contributed by atoms with Crippen LogP contribution >= 0.6 is 0 Å². The third-order valence-electron chi connectivity index (χ3n) is 3.40. The lowest BCUT2D eigenvalue weighted by molar-refractivity contribution is 0.188. The maximum atomic E-state index is 12.7. The van der Waals surface area contributed by atoms with Crippen LogP contribution in [-0.2, 0) is 10.0 Å². The molecule has 4 N–H and O–H groups in total. The summed E-state index contributed by atoms with van der Waals surface area (Å²) in [6, 6.07) is 2.56. The van der Waals surface area contributed by atoms with Gasteiger partial charge in [-0.05, 0) is 26.6 Å². The first-order chi connectivity index (χ1) is 9.84. The maximum Gasteiger partial charge on any atom is 0.243 e. The molecule has 0 aromatic carbocycles. The Balaban J connectivity index is 2.32. The molecule has 0 saturated carbocycles. The van der Waals surface area contributed by atoms with Gasteiger partial charge in [-0.2, -0.15) is 4.31 Å². The second-order valence-electron chi connectivity index (χ2n) is 5.40. The van der Waals surface area contributed by atoms with Crippen LogP contribution in [0.25, 0.3) is 0 Å². The van der Waals surface area contributed by atoms with Gasteiger partial charge in [-0.1, -0.05) is 0 Å². The lowest BCUT2D eigenvalue weighted by Gasteiger charge is -2.26. The number of nitrogen functional groups attached to an aromatic ring is 1. The minimum absolute atomic E-state index is 0.106. The summed E-state index contributed by atoms with van der Waals surface area (Å²) in [6.07, 6.45) is 1.18. The molecule has 1 aromatic heterocycles. The van der Waals surface area contributed by atoms with E-state index < -0.39 is 16.1 Å². The summed E-state index contributed by atoms with van der Waals surface area (Å²) < 4.78 is 26.8. The molecule has 1 aromatic rings. The van der Waals surface area contributed by atoms with Gasteiger partial charge in [0.25, 0.3) is 0 Å². The van der Waals surface area contributed by atoms with E-state index in [0.717, 1.165) is 0 Å². The van der Waals surface area contributed by atoms with Gasteiger partial charge in [0.15, 0.2) is 0 Å². The molecule has 0 bridgehead atoms. The minimum Gasteiger partial charge on any atom is -0.392 e. The normalized spacial score (nSPS) is 23.7. The maximum absolute atomic E-state index is 12.7. The van der Waals surface area contributed by atoms with Gasteiger partial charge in [0.1, 0.15) is 5.82 Å². The van der Waals surface area contributed by atoms with Crippen molar-refractivity contribution in [1.29, 1.82) is 0 Å². The summed E-state index contributed by atoms with van der Waals surface area (Å²) in [5.74, 6) is 5.54. The summed E-state index contributed by atoms with van der Waals surface area (Å²) in [7, 11) is 0.0589. The molecule has 2 unspecified atom stereocenters. The minimum atomic E-state index is -3.69. The van der Waals surface area contributed by atoms with Gasteiger partial charge in [0, 0.05) is 31.4 Å². The number of nitrogens with zero attached hydrogens (tertiary/aromatic N) is 3. The van der Waals surface area contributed by atoms with E-state index in [-0.39, 0.29) is 23.3 Å². The number of sulfonamides is 1. The number of aliphatic hydroxyl groups is 1. The molecule has 0 amide bonds. The van der Waals surface area contributed by atoms with Gasteiger partial charge < -0.3 is 15.4 Å². The van der Waals surface area contributed by atoms with E-state index in [1.54, 1.807) is 0 Å². The number of likely N-dealkylation sites (N-methyl/N-ethyl adjacent to an activating group) is 1. The van der Waals surface area contributed by atoms with Crippen molar-refractivity contribution in [2.45, 2.75) is 23.5 Å². The number of aromatic nitrogens is 1. The molecule has 118 valence electrons. The van der Waals surface area contributed by atoms with E-state index in [9.17, 15) is 13.5 Å². The summed E-state index contributed by atoms with van der Waals surface area (Å²) in [4.78, 5) is 5.93. The lowest BCUT2D eigenvalue weighted by Crippen LogP contribution is -2.41. The van der Waals surface area contributed by atoms with Crippen LogP contribution in [0.4, 0.5) is 5.82 Å². The molecular formula is C12H21N5O3S. The van der Waals surface area contributed by atoms with Crippen molar-refractivity contribution in [3.8, 4) is 0 Å². The largest absolute Gasteiger partial charge is 0.392 e. The molecule has 0 spiro atoms. The molecule has 1 aliphatic heterocycles. The number of pyridine rings is 1. The van der Waals surface area contributed by atoms with Crippen LogP contribution < -0.4 is 11.3 Å². The Morgan fingerprint density at radius 1 is 1.57 bits per heavy atom. The molecule has 21 heavy (non-hydrogen) atoms. The van der Waals surface area contributed by atoms with E-state index in [1.807, 2.05) is 19.0 Å². The van der Waals surface area contributed by atoms with Gasteiger partial charge in [0.2, 0.25) is 10.0 Å². The molecule has 2 heterocycles. The van der Waals surface area contributed by atoms with E-state index in [2.05, 4.69) is 10.4 Å². The number of rotatable bonds is 5. The highest BCUT2D eigenvalue weighted by Gasteiger charge is 2.39. The number of aliphatic hydroxyl groups excluding tert-OH is 1. The molecule has 2 rings (SSSR count). The van der Waals surface area contributed by atoms with Gasteiger partial charge in [0.05, 0.1) is 11.0 Å². The van der Waals surface area contributed by atoms with Gasteiger partial charge in [-0.3, -0.25) is 0 Å². The first-order valence-electron chi connectivity index (χ1n) is 6.62. The zero-order valence-corrected chi connectivity index (χ0v) is 12.9. The summed E-state index contributed by atoms with van der Waals surface area (Å²) in [5.41, 5.74) is 2.33. The Kier molecular flexibility index (Phi) is 4.79. The van der Waals surface area contributed by atoms with Crippen molar-refractivity contribution in [2.75, 3.05) is 32.6 Å². The van der Waals surface area contributed by atoms with Crippen molar-refractivity contribution in [3.05, 3.63) is 18.3 Å². The molecule has 0 radical (unpaired) electrons. The van der Waals surface area contributed by atoms with E-state index in [4.69, 9.17) is 5.84 Å². The van der Waals surface area contributed by atoms with Crippen LogP contribution in [0.2, 0.25) is 0 Å². The first-order valence-corrected chi connectivity index (χ1v) is 8.06. The Morgan fingerprint density at radius 2 is 2.29 bits per heavy atom. The number of nitrogens with two attached hydrogens (primary N) is 1. The Morgan fingerprint density at radius 3 is 2.90 bits per heavy atom. The molecule has 1 aliphatic rings. The fourth-order valence-corrected chi connectivity index (χ4v) is 4.21. The Labute approximate surface area is 124 Å². The second-order valence-corrected chi connectivity index (χ2v) is 7.29. The highest BCUT2D eigenvalue weighted by atomic mass is 32.2. The smallest absolute Gasteiger partial charge is 0.243 e. The van der Waals surface area contributed by atoms with Crippen LogP contribution in [0, 0.1) is 0 Å². The number of nitrogens with one attached hydrogen (secondary N) is 1. The standard InChI is InChI=1S/C12H21N5O3S/c1-16(2)7-9-5-10(18)8-17(9)21(19,20)11-3-4-14-12(6-11)15-13/h3-4,6,9-10,18H,5,7-8,13H2,1-2H3,(H,14,15). The van der Waals surface area contributed by atoms with Crippen LogP contribution in [-0.4, -0.2) is 67.0 Å². The topological polar surface area (TPSA) is 112 Å². The molecule has 9 heteroatoms. The molecule has 1 fully saturated rings. The van der Waals surface area contributed by atoms with Crippen molar-refractivity contribution in [1.82, 2.24) is 14.2 Å². The molecular weight excluding hydrogens is 294 g/mol. The predicted octanol–water partition coefficient (Wildman–Crippen LogP) is -0.947. The van der Waals surface area contributed by atoms with Gasteiger partial charge in [-0.25, -0.2) is 19.2 Å². The number of hydrogen-bond donors (Lipinski definition) is 3. The highest BCUT2D eigenvalue weighted by Crippen LogP contribution is 2.27. The molecule has 8 nitrogen and oxygen atoms in total. The van der Waals surface area contributed by atoms with E-state index in [0.29, 0.717) is 13.0 Å². The summed E-state index contributed by atoms with van der Waals surface area (Å²) in [6.45, 7) is 0.665. The molecule has 1 saturated heterocycles. The third kappa shape index (κ3) is 3.50. The van der Waals surface area contributed by atoms with Crippen molar-refractivity contribution >= 4 is 15.8 Å². The highest BCUT2D eigenvalue weighted by molar-refractivity contribution is 7.89. The first kappa shape index (κ1) is 16.1. The summed E-state index contributed by atoms with van der Waals surface area (Å²) >= 11 is 0. The predicted molar refractivity (Wildman–Crippen MR) is 78.9 cm³/mol. The lowest BCUT2D eigenvalue weighted by atomic mass is 10.2. The van der Waals surface area contributed by atoms with Crippen LogP contribution in [0.3, 0.4) is 0 Å². The summed E-state index contributed by atoms with van der Waals surface area (Å²) in [5, 5.41) is 9.82. The SMILES string of the molecule is CN(C)CC1CC(O)CN1S(=O)(=O)c1ccnc(NN)c1. The van der Waals surface area contributed by atoms with E-state index in [1.165, 1.54) is 22.6 Å². The van der Waals surface area contributed by atoms with Gasteiger partial charge in [-0.15, -0.1) is 0 Å². The monoisotopic (exact) mass is 315 g/mol. The Hall–Kier alpha value is -1.26. The average molecular weight is 315 g/mol. The second kappa shape index (κ2) is 6.24. The number of β-amino-alcohol motifs (C(OH)–C–C–N with tert-alkyl or cyclic N) is 1. The van der Waals surface area contributed by atoms with Crippen molar-refractivity contribution in [3.63, 3.8) is 0 Å². The fraction of sp³-hybridized carbons (Fsp3) is 0.583. The quantitative estimate of drug-likeness (QED) is 0.474. The molecule has 0 aliphatic carbocycles. The zero-order chi connectivity index (χ0) is 15.6. The third-order valence-corrected chi connectivity index (χ3v) is 5.32. The van der Waals surface area contributed by atoms with Crippen LogP contribution in [0.5, 0.6) is 0 Å². The number of anilines is 1. The Bertz CT molecular complexity index is 592. The van der Waals surface area contributed by atoms with Gasteiger partial charge >= 0.3 is 0 Å². The zero-order valence-electron chi connectivity index (χ0n) is 12.1. The molecule has 2 atom stereocenters. The van der Waals surface area contributed by atoms with E-state index >= 15 is 0 Å². The average Bonchev–Trinajstić information content (AvgIpc) is 2.79. The van der Waals surface area contributed by atoms with Crippen LogP contribution in [0.1, 0.15) is 6.42 Å².